The van der Waals surface area contributed by atoms with E-state index in [1.54, 1.807) is 0 Å². The first kappa shape index (κ1) is 6.40. The second kappa shape index (κ2) is 2.19. The first-order valence-corrected chi connectivity index (χ1v) is 4.64. The Morgan fingerprint density at radius 3 is 1.73 bits per heavy atom. The van der Waals surface area contributed by atoms with Crippen LogP contribution in [0.25, 0.3) is 0 Å². The lowest BCUT2D eigenvalue weighted by Crippen LogP contribution is -2.65. The van der Waals surface area contributed by atoms with Crippen LogP contribution in [0.2, 0.25) is 0 Å². The summed E-state index contributed by atoms with van der Waals surface area (Å²) in [5.41, 5.74) is 0. The molecular formula is C8H15N3. The van der Waals surface area contributed by atoms with E-state index in [-0.39, 0.29) is 0 Å². The molecule has 2 bridgehead atoms. The van der Waals surface area contributed by atoms with Gasteiger partial charge in [-0.3, -0.25) is 9.80 Å². The van der Waals surface area contributed by atoms with Crippen molar-refractivity contribution in [3.05, 3.63) is 0 Å². The van der Waals surface area contributed by atoms with Gasteiger partial charge in [0.25, 0.3) is 0 Å². The van der Waals surface area contributed by atoms with Crippen molar-refractivity contribution >= 4 is 0 Å². The van der Waals surface area contributed by atoms with Crippen LogP contribution in [0.5, 0.6) is 0 Å². The van der Waals surface area contributed by atoms with Gasteiger partial charge in [0.2, 0.25) is 0 Å². The highest BCUT2D eigenvalue weighted by molar-refractivity contribution is 5.02. The average molecular weight is 153 g/mol. The van der Waals surface area contributed by atoms with Crippen LogP contribution in [0.1, 0.15) is 0 Å². The summed E-state index contributed by atoms with van der Waals surface area (Å²) in [7, 11) is 0. The van der Waals surface area contributed by atoms with Gasteiger partial charge in [0.15, 0.2) is 0 Å². The van der Waals surface area contributed by atoms with Crippen LogP contribution in [-0.4, -0.2) is 61.2 Å². The summed E-state index contributed by atoms with van der Waals surface area (Å²) in [5, 5.41) is 3.48. The predicted octanol–water partition coefficient (Wildman–Crippen LogP) is -1.04. The summed E-state index contributed by atoms with van der Waals surface area (Å²) in [5.74, 6) is 0. The lowest BCUT2D eigenvalue weighted by atomic mass is 10.0. The SMILES string of the molecule is C1NC[C@H]2[C@@H]1N1CCN2CC1. The van der Waals surface area contributed by atoms with Crippen molar-refractivity contribution < 1.29 is 0 Å². The molecule has 0 amide bonds. The molecular weight excluding hydrogens is 138 g/mol. The van der Waals surface area contributed by atoms with Crippen LogP contribution in [0.4, 0.5) is 0 Å². The van der Waals surface area contributed by atoms with Gasteiger partial charge >= 0.3 is 0 Å². The fourth-order valence-corrected chi connectivity index (χ4v) is 2.80. The number of hydrogen-bond donors (Lipinski definition) is 1. The molecule has 0 saturated carbocycles. The normalized spacial score (nSPS) is 54.5. The van der Waals surface area contributed by atoms with Crippen LogP contribution < -0.4 is 5.32 Å². The van der Waals surface area contributed by atoms with Crippen LogP contribution >= 0.6 is 0 Å². The summed E-state index contributed by atoms with van der Waals surface area (Å²) in [6.07, 6.45) is 0. The van der Waals surface area contributed by atoms with Gasteiger partial charge in [-0.05, 0) is 0 Å². The maximum absolute atomic E-state index is 3.48. The van der Waals surface area contributed by atoms with Gasteiger partial charge in [0, 0.05) is 51.4 Å². The summed E-state index contributed by atoms with van der Waals surface area (Å²) in [4.78, 5) is 5.31. The van der Waals surface area contributed by atoms with E-state index < -0.39 is 0 Å². The van der Waals surface area contributed by atoms with Crippen LogP contribution in [0.15, 0.2) is 0 Å². The molecule has 4 fully saturated rings. The molecule has 4 aliphatic heterocycles. The summed E-state index contributed by atoms with van der Waals surface area (Å²) >= 11 is 0. The third kappa shape index (κ3) is 0.789. The Morgan fingerprint density at radius 1 is 0.818 bits per heavy atom. The van der Waals surface area contributed by atoms with E-state index in [0.717, 1.165) is 12.1 Å². The van der Waals surface area contributed by atoms with Gasteiger partial charge in [0.05, 0.1) is 0 Å². The second-order valence-electron chi connectivity index (χ2n) is 3.86. The molecule has 0 aromatic carbocycles. The molecule has 62 valence electrons. The number of nitrogens with zero attached hydrogens (tertiary/aromatic N) is 2. The summed E-state index contributed by atoms with van der Waals surface area (Å²) in [6, 6.07) is 1.69. The second-order valence-corrected chi connectivity index (χ2v) is 3.86. The van der Waals surface area contributed by atoms with Crippen molar-refractivity contribution in [3.63, 3.8) is 0 Å². The largest absolute Gasteiger partial charge is 0.313 e. The number of rotatable bonds is 0. The molecule has 0 aliphatic carbocycles. The summed E-state index contributed by atoms with van der Waals surface area (Å²) < 4.78 is 0. The molecule has 4 aliphatic rings. The molecule has 0 aromatic rings. The van der Waals surface area contributed by atoms with E-state index in [4.69, 9.17) is 0 Å². The van der Waals surface area contributed by atoms with E-state index in [1.807, 2.05) is 0 Å². The van der Waals surface area contributed by atoms with Crippen molar-refractivity contribution in [1.29, 1.82) is 0 Å². The number of piperazine rings is 3. The van der Waals surface area contributed by atoms with E-state index in [2.05, 4.69) is 15.1 Å². The third-order valence-corrected chi connectivity index (χ3v) is 3.44. The van der Waals surface area contributed by atoms with Crippen molar-refractivity contribution in [3.8, 4) is 0 Å². The van der Waals surface area contributed by atoms with E-state index >= 15 is 0 Å². The molecule has 4 heterocycles. The summed E-state index contributed by atoms with van der Waals surface area (Å²) in [6.45, 7) is 7.68. The molecule has 1 N–H and O–H groups in total. The van der Waals surface area contributed by atoms with Crippen LogP contribution in [0, 0.1) is 0 Å². The first-order valence-electron chi connectivity index (χ1n) is 4.64. The maximum Gasteiger partial charge on any atom is 0.0389 e. The van der Waals surface area contributed by atoms with E-state index in [0.29, 0.717) is 0 Å². The minimum absolute atomic E-state index is 0.845. The number of nitrogens with one attached hydrogen (secondary N) is 1. The first-order chi connectivity index (χ1) is 5.45. The van der Waals surface area contributed by atoms with Crippen molar-refractivity contribution in [1.82, 2.24) is 15.1 Å². The molecule has 4 saturated heterocycles. The van der Waals surface area contributed by atoms with Crippen molar-refractivity contribution in [2.24, 2.45) is 0 Å². The van der Waals surface area contributed by atoms with Crippen molar-refractivity contribution in [2.75, 3.05) is 39.3 Å². The highest BCUT2D eigenvalue weighted by Crippen LogP contribution is 2.24. The smallest absolute Gasteiger partial charge is 0.0389 e. The molecule has 11 heavy (non-hydrogen) atoms. The van der Waals surface area contributed by atoms with E-state index in [1.165, 1.54) is 39.3 Å². The van der Waals surface area contributed by atoms with Crippen molar-refractivity contribution in [2.45, 2.75) is 12.1 Å². The molecule has 0 radical (unpaired) electrons. The Balaban J connectivity index is 1.89. The van der Waals surface area contributed by atoms with Crippen LogP contribution in [0.3, 0.4) is 0 Å². The lowest BCUT2D eigenvalue weighted by Gasteiger charge is -2.50. The molecule has 3 nitrogen and oxygen atoms in total. The minimum atomic E-state index is 0.845. The number of hydrogen-bond acceptors (Lipinski definition) is 3. The lowest BCUT2D eigenvalue weighted by molar-refractivity contribution is -0.0134. The molecule has 4 rings (SSSR count). The Kier molecular flexibility index (Phi) is 1.27. The topological polar surface area (TPSA) is 18.5 Å². The van der Waals surface area contributed by atoms with Gasteiger partial charge in [-0.25, -0.2) is 0 Å². The fraction of sp³-hybridized carbons (Fsp3) is 1.00. The zero-order valence-electron chi connectivity index (χ0n) is 6.79. The number of fused-ring (bicyclic) bond motifs is 2. The highest BCUT2D eigenvalue weighted by Gasteiger charge is 2.42. The standard InChI is InChI=1S/C8H15N3/c1-2-11-4-3-10(1)7-5-9-6-8(7)11/h7-9H,1-6H2/t7-,8+. The van der Waals surface area contributed by atoms with Gasteiger partial charge in [0.1, 0.15) is 0 Å². The Labute approximate surface area is 67.3 Å². The Hall–Kier alpha value is -0.120. The fourth-order valence-electron chi connectivity index (χ4n) is 2.80. The average Bonchev–Trinajstić information content (AvgIpc) is 2.55. The Morgan fingerprint density at radius 2 is 1.27 bits per heavy atom. The molecule has 0 spiro atoms. The van der Waals surface area contributed by atoms with Gasteiger partial charge < -0.3 is 5.32 Å². The molecule has 0 aromatic heterocycles. The van der Waals surface area contributed by atoms with Gasteiger partial charge in [-0.1, -0.05) is 0 Å². The van der Waals surface area contributed by atoms with Gasteiger partial charge in [-0.15, -0.1) is 0 Å². The zero-order chi connectivity index (χ0) is 7.26. The minimum Gasteiger partial charge on any atom is -0.313 e. The molecule has 0 unspecified atom stereocenters. The Bertz CT molecular complexity index is 145. The molecule has 3 heteroatoms. The third-order valence-electron chi connectivity index (χ3n) is 3.44. The predicted molar refractivity (Wildman–Crippen MR) is 43.6 cm³/mol. The van der Waals surface area contributed by atoms with Gasteiger partial charge in [-0.2, -0.15) is 0 Å². The van der Waals surface area contributed by atoms with E-state index in [9.17, 15) is 0 Å². The monoisotopic (exact) mass is 153 g/mol. The zero-order valence-corrected chi connectivity index (χ0v) is 6.79. The highest BCUT2D eigenvalue weighted by atomic mass is 15.4. The quantitative estimate of drug-likeness (QED) is 0.479. The van der Waals surface area contributed by atoms with Crippen LogP contribution in [-0.2, 0) is 0 Å². The molecule has 2 atom stereocenters. The maximum atomic E-state index is 3.48.